The van der Waals surface area contributed by atoms with Gasteiger partial charge in [-0.05, 0) is 30.7 Å². The molecule has 0 bridgehead atoms. The van der Waals surface area contributed by atoms with Crippen LogP contribution in [-0.4, -0.2) is 43.6 Å². The van der Waals surface area contributed by atoms with Gasteiger partial charge >= 0.3 is 0 Å². The second kappa shape index (κ2) is 8.15. The molecule has 1 unspecified atom stereocenters. The smallest absolute Gasteiger partial charge is 0.179 e. The molecule has 1 aromatic rings. The Kier molecular flexibility index (Phi) is 6.85. The van der Waals surface area contributed by atoms with Gasteiger partial charge in [0, 0.05) is 36.0 Å². The number of nitrogens with zero attached hydrogens (tertiary/aromatic N) is 1. The van der Waals surface area contributed by atoms with Crippen molar-refractivity contribution < 1.29 is 17.4 Å². The zero-order valence-electron chi connectivity index (χ0n) is 11.2. The van der Waals surface area contributed by atoms with Crippen molar-refractivity contribution in [2.75, 3.05) is 31.0 Å². The summed E-state index contributed by atoms with van der Waals surface area (Å²) < 4.78 is 40.5. The van der Waals surface area contributed by atoms with Crippen LogP contribution in [0.1, 0.15) is 12.0 Å². The fourth-order valence-corrected chi connectivity index (χ4v) is 4.58. The number of nitriles is 1. The zero-order valence-corrected chi connectivity index (χ0v) is 12.9. The minimum absolute atomic E-state index is 0.117. The van der Waals surface area contributed by atoms with Crippen LogP contribution in [0.5, 0.6) is 0 Å². The molecule has 20 heavy (non-hydrogen) atoms. The number of rotatable bonds is 8. The van der Waals surface area contributed by atoms with E-state index in [0.717, 1.165) is 0 Å². The van der Waals surface area contributed by atoms with Gasteiger partial charge in [-0.3, -0.25) is 4.21 Å². The van der Waals surface area contributed by atoms with E-state index in [-0.39, 0.29) is 16.4 Å². The molecule has 5 nitrogen and oxygen atoms in total. The minimum atomic E-state index is -3.44. The van der Waals surface area contributed by atoms with Crippen molar-refractivity contribution in [3.05, 3.63) is 29.8 Å². The van der Waals surface area contributed by atoms with Crippen molar-refractivity contribution in [2.24, 2.45) is 0 Å². The molecule has 0 radical (unpaired) electrons. The average Bonchev–Trinajstić information content (AvgIpc) is 2.45. The van der Waals surface area contributed by atoms with Crippen LogP contribution in [0.4, 0.5) is 0 Å². The summed E-state index contributed by atoms with van der Waals surface area (Å²) in [5, 5.41) is 8.66. The maximum atomic E-state index is 12.0. The van der Waals surface area contributed by atoms with Crippen molar-refractivity contribution in [1.82, 2.24) is 0 Å². The number of sulfone groups is 1. The van der Waals surface area contributed by atoms with E-state index in [1.807, 2.05) is 6.07 Å². The lowest BCUT2D eigenvalue weighted by Gasteiger charge is -2.05. The van der Waals surface area contributed by atoms with Crippen molar-refractivity contribution in [3.8, 4) is 6.07 Å². The lowest BCUT2D eigenvalue weighted by Crippen LogP contribution is -2.16. The van der Waals surface area contributed by atoms with Gasteiger partial charge in [-0.15, -0.1) is 0 Å². The summed E-state index contributed by atoms with van der Waals surface area (Å²) in [6, 6.07) is 7.66. The van der Waals surface area contributed by atoms with Gasteiger partial charge < -0.3 is 4.74 Å². The Labute approximate surface area is 121 Å². The summed E-state index contributed by atoms with van der Waals surface area (Å²) in [5.74, 6) is 0.404. The van der Waals surface area contributed by atoms with E-state index in [0.29, 0.717) is 24.3 Å². The van der Waals surface area contributed by atoms with E-state index in [4.69, 9.17) is 10.00 Å². The van der Waals surface area contributed by atoms with Crippen LogP contribution in [0, 0.1) is 11.3 Å². The van der Waals surface area contributed by atoms with Crippen molar-refractivity contribution >= 4 is 20.6 Å². The normalized spacial score (nSPS) is 12.8. The van der Waals surface area contributed by atoms with Gasteiger partial charge in [-0.1, -0.05) is 0 Å². The van der Waals surface area contributed by atoms with Crippen LogP contribution in [0.3, 0.4) is 0 Å². The lowest BCUT2D eigenvalue weighted by molar-refractivity contribution is 0.200. The molecule has 0 saturated carbocycles. The Morgan fingerprint density at radius 3 is 2.45 bits per heavy atom. The molecule has 0 fully saturated rings. The Bertz CT molecular complexity index is 588. The maximum absolute atomic E-state index is 12.0. The van der Waals surface area contributed by atoms with Gasteiger partial charge in [0.15, 0.2) is 9.84 Å². The molecule has 0 aromatic heterocycles. The minimum Gasteiger partial charge on any atom is -0.385 e. The molecule has 0 aliphatic heterocycles. The van der Waals surface area contributed by atoms with Gasteiger partial charge in [0.05, 0.1) is 22.3 Å². The highest BCUT2D eigenvalue weighted by atomic mass is 32.2. The van der Waals surface area contributed by atoms with E-state index in [1.54, 1.807) is 7.11 Å². The molecule has 0 saturated heterocycles. The highest BCUT2D eigenvalue weighted by Crippen LogP contribution is 2.12. The average molecular weight is 315 g/mol. The number of benzene rings is 1. The quantitative estimate of drug-likeness (QED) is 0.671. The Balaban J connectivity index is 2.57. The van der Waals surface area contributed by atoms with Crippen LogP contribution in [-0.2, 0) is 25.4 Å². The third-order valence-electron chi connectivity index (χ3n) is 2.64. The van der Waals surface area contributed by atoms with Crippen LogP contribution >= 0.6 is 0 Å². The summed E-state index contributed by atoms with van der Waals surface area (Å²) in [6.07, 6.45) is 0.653. The summed E-state index contributed by atoms with van der Waals surface area (Å²) in [5.41, 5.74) is 0.409. The molecule has 7 heteroatoms. The second-order valence-electron chi connectivity index (χ2n) is 4.15. The lowest BCUT2D eigenvalue weighted by atomic mass is 10.2. The van der Waals surface area contributed by atoms with Crippen LogP contribution in [0.2, 0.25) is 0 Å². The van der Waals surface area contributed by atoms with Crippen molar-refractivity contribution in [1.29, 1.82) is 5.26 Å². The summed E-state index contributed by atoms with van der Waals surface area (Å²) in [6.45, 7) is 0.522. The van der Waals surface area contributed by atoms with Crippen LogP contribution < -0.4 is 0 Å². The first kappa shape index (κ1) is 16.8. The van der Waals surface area contributed by atoms with Gasteiger partial charge in [-0.2, -0.15) is 5.26 Å². The highest BCUT2D eigenvalue weighted by molar-refractivity contribution is 7.93. The van der Waals surface area contributed by atoms with Gasteiger partial charge in [0.1, 0.15) is 0 Å². The molecular weight excluding hydrogens is 298 g/mol. The number of ether oxygens (including phenoxy) is 1. The molecule has 1 atom stereocenters. The van der Waals surface area contributed by atoms with Gasteiger partial charge in [-0.25, -0.2) is 8.42 Å². The summed E-state index contributed by atoms with van der Waals surface area (Å²) in [4.78, 5) is 0.158. The maximum Gasteiger partial charge on any atom is 0.179 e. The number of hydrogen-bond acceptors (Lipinski definition) is 5. The SMILES string of the molecule is COCCCS(=O)CCS(=O)(=O)c1ccc(C#N)cc1. The molecule has 0 spiro atoms. The van der Waals surface area contributed by atoms with E-state index < -0.39 is 20.6 Å². The second-order valence-corrected chi connectivity index (χ2v) is 7.95. The van der Waals surface area contributed by atoms with Crippen molar-refractivity contribution in [3.63, 3.8) is 0 Å². The molecule has 0 N–H and O–H groups in total. The monoisotopic (exact) mass is 315 g/mol. The van der Waals surface area contributed by atoms with E-state index in [9.17, 15) is 12.6 Å². The molecule has 1 rings (SSSR count). The van der Waals surface area contributed by atoms with Crippen LogP contribution in [0.25, 0.3) is 0 Å². The topological polar surface area (TPSA) is 84.2 Å². The molecule has 0 heterocycles. The number of methoxy groups -OCH3 is 1. The standard InChI is InChI=1S/C13H17NO4S2/c1-18-7-2-8-19(15)9-10-20(16,17)13-5-3-12(11-14)4-6-13/h3-6H,2,7-10H2,1H3. The number of hydrogen-bond donors (Lipinski definition) is 0. The first-order valence-corrected chi connectivity index (χ1v) is 9.20. The third-order valence-corrected chi connectivity index (χ3v) is 6.04. The van der Waals surface area contributed by atoms with E-state index in [1.165, 1.54) is 24.3 Å². The predicted octanol–water partition coefficient (Wildman–Crippen LogP) is 1.12. The molecule has 110 valence electrons. The fraction of sp³-hybridized carbons (Fsp3) is 0.462. The Morgan fingerprint density at radius 1 is 1.25 bits per heavy atom. The van der Waals surface area contributed by atoms with E-state index >= 15 is 0 Å². The first-order chi connectivity index (χ1) is 9.49. The van der Waals surface area contributed by atoms with Crippen LogP contribution in [0.15, 0.2) is 29.2 Å². The summed E-state index contributed by atoms with van der Waals surface area (Å²) >= 11 is 0. The van der Waals surface area contributed by atoms with Gasteiger partial charge in [0.2, 0.25) is 0 Å². The van der Waals surface area contributed by atoms with Gasteiger partial charge in [0.25, 0.3) is 0 Å². The summed E-state index contributed by atoms with van der Waals surface area (Å²) in [7, 11) is -3.04. The largest absolute Gasteiger partial charge is 0.385 e. The Morgan fingerprint density at radius 2 is 1.90 bits per heavy atom. The molecule has 0 aliphatic carbocycles. The molecule has 0 amide bonds. The van der Waals surface area contributed by atoms with Crippen molar-refractivity contribution in [2.45, 2.75) is 11.3 Å². The predicted molar refractivity (Wildman–Crippen MR) is 77.6 cm³/mol. The molecule has 1 aromatic carbocycles. The van der Waals surface area contributed by atoms with E-state index in [2.05, 4.69) is 0 Å². The first-order valence-electron chi connectivity index (χ1n) is 6.06. The third kappa shape index (κ3) is 5.41. The molecular formula is C13H17NO4S2. The Hall–Kier alpha value is -1.23. The fourth-order valence-electron chi connectivity index (χ4n) is 1.52. The highest BCUT2D eigenvalue weighted by Gasteiger charge is 2.15. The molecule has 0 aliphatic rings. The zero-order chi connectivity index (χ0) is 15.0.